The van der Waals surface area contributed by atoms with Gasteiger partial charge >= 0.3 is 11.9 Å². The largest absolute Gasteiger partial charge is 0.494 e. The van der Waals surface area contributed by atoms with Crippen LogP contribution in [0.15, 0.2) is 66.7 Å². The van der Waals surface area contributed by atoms with Crippen LogP contribution in [0.1, 0.15) is 151 Å². The Kier molecular flexibility index (Phi) is 18.4. The zero-order valence-electron chi connectivity index (χ0n) is 29.6. The molecule has 48 heavy (non-hydrogen) atoms. The van der Waals surface area contributed by atoms with E-state index in [9.17, 15) is 14.0 Å². The molecule has 3 aromatic rings. The Hall–Kier alpha value is -3.67. The molecule has 0 bridgehead atoms. The van der Waals surface area contributed by atoms with E-state index in [0.29, 0.717) is 5.56 Å². The monoisotopic (exact) mass is 660 g/mol. The summed E-state index contributed by atoms with van der Waals surface area (Å²) in [5.41, 5.74) is 2.33. The van der Waals surface area contributed by atoms with Gasteiger partial charge in [0.25, 0.3) is 0 Å². The van der Waals surface area contributed by atoms with E-state index in [0.717, 1.165) is 74.5 Å². The number of hydrogen-bond donors (Lipinski definition) is 0. The van der Waals surface area contributed by atoms with Gasteiger partial charge in [-0.1, -0.05) is 135 Å². The van der Waals surface area contributed by atoms with Crippen LogP contribution in [0.25, 0.3) is 11.1 Å². The van der Waals surface area contributed by atoms with Gasteiger partial charge in [-0.2, -0.15) is 0 Å². The van der Waals surface area contributed by atoms with Crippen molar-refractivity contribution in [3.8, 4) is 22.6 Å². The Bertz CT molecular complexity index is 1330. The van der Waals surface area contributed by atoms with E-state index in [1.807, 2.05) is 36.4 Å². The Balaban J connectivity index is 1.41. The van der Waals surface area contributed by atoms with Crippen LogP contribution in [0.2, 0.25) is 0 Å². The van der Waals surface area contributed by atoms with Crippen molar-refractivity contribution in [2.45, 2.75) is 136 Å². The summed E-state index contributed by atoms with van der Waals surface area (Å²) in [4.78, 5) is 25.5. The molecule has 3 rings (SSSR count). The average molecular weight is 661 g/mol. The van der Waals surface area contributed by atoms with Gasteiger partial charge in [0.2, 0.25) is 0 Å². The molecule has 0 unspecified atom stereocenters. The van der Waals surface area contributed by atoms with Crippen molar-refractivity contribution in [2.75, 3.05) is 6.61 Å². The molecule has 0 aliphatic carbocycles. The first kappa shape index (κ1) is 38.8. The maximum Gasteiger partial charge on any atom is 0.343 e. The number of carbonyl (C=O) groups excluding carboxylic acids is 2. The average Bonchev–Trinajstić information content (AvgIpc) is 3.11. The molecule has 5 nitrogen and oxygen atoms in total. The lowest BCUT2D eigenvalue weighted by Crippen LogP contribution is -2.19. The van der Waals surface area contributed by atoms with Crippen LogP contribution in [0.5, 0.6) is 11.5 Å². The lowest BCUT2D eigenvalue weighted by molar-refractivity contribution is 0.0250. The highest BCUT2D eigenvalue weighted by molar-refractivity contribution is 5.92. The second kappa shape index (κ2) is 22.8. The molecular weight excluding hydrogens is 603 g/mol. The maximum absolute atomic E-state index is 14.9. The topological polar surface area (TPSA) is 61.8 Å². The van der Waals surface area contributed by atoms with Crippen LogP contribution >= 0.6 is 0 Å². The number of unbranched alkanes of at least 4 members (excludes halogenated alkanes) is 12. The Labute approximate surface area is 288 Å². The highest BCUT2D eigenvalue weighted by Gasteiger charge is 2.19. The molecule has 0 spiro atoms. The van der Waals surface area contributed by atoms with Crippen molar-refractivity contribution in [3.05, 3.63) is 83.7 Å². The second-order valence-electron chi connectivity index (χ2n) is 12.8. The second-order valence-corrected chi connectivity index (χ2v) is 12.8. The third kappa shape index (κ3) is 14.2. The van der Waals surface area contributed by atoms with E-state index in [1.54, 1.807) is 12.1 Å². The van der Waals surface area contributed by atoms with Crippen molar-refractivity contribution in [3.63, 3.8) is 0 Å². The van der Waals surface area contributed by atoms with Crippen molar-refractivity contribution < 1.29 is 28.2 Å². The minimum absolute atomic E-state index is 0.0974. The van der Waals surface area contributed by atoms with Crippen molar-refractivity contribution in [2.24, 2.45) is 0 Å². The van der Waals surface area contributed by atoms with E-state index < -0.39 is 17.8 Å². The molecule has 6 heteroatoms. The molecule has 0 aliphatic heterocycles. The number of esters is 2. The summed E-state index contributed by atoms with van der Waals surface area (Å²) in [5.74, 6) is -1.43. The fourth-order valence-electron chi connectivity index (χ4n) is 5.71. The number of carbonyl (C=O) groups is 2. The summed E-state index contributed by atoms with van der Waals surface area (Å²) in [6.45, 7) is 7.17. The van der Waals surface area contributed by atoms with E-state index in [2.05, 4.69) is 20.8 Å². The standard InChI is InChI=1S/C42H57FO5/c1-4-7-10-11-12-13-14-15-16-17-18-31-46-37-28-25-34(26-29-37)33-21-23-35(24-22-33)41(44)48-40-30-27-36(32-39(40)43)42(45)47-38(19-8-5-2)20-9-6-3/h21-30,32,38H,4-20,31H2,1-3H3. The summed E-state index contributed by atoms with van der Waals surface area (Å²) in [6.07, 6.45) is 19.8. The number of ether oxygens (including phenoxy) is 3. The minimum atomic E-state index is -0.793. The molecule has 0 atom stereocenters. The number of halogens is 1. The van der Waals surface area contributed by atoms with Gasteiger partial charge < -0.3 is 14.2 Å². The SMILES string of the molecule is CCCCCCCCCCCCCOc1ccc(-c2ccc(C(=O)Oc3ccc(C(=O)OC(CCCC)CCCC)cc3F)cc2)cc1. The van der Waals surface area contributed by atoms with Crippen LogP contribution in [0.3, 0.4) is 0 Å². The van der Waals surface area contributed by atoms with E-state index in [1.165, 1.54) is 76.3 Å². The summed E-state index contributed by atoms with van der Waals surface area (Å²) in [5, 5.41) is 0. The molecule has 0 amide bonds. The summed E-state index contributed by atoms with van der Waals surface area (Å²) < 4.78 is 31.8. The molecule has 0 N–H and O–H groups in total. The summed E-state index contributed by atoms with van der Waals surface area (Å²) in [7, 11) is 0. The Morgan fingerprint density at radius 1 is 0.583 bits per heavy atom. The Morgan fingerprint density at radius 3 is 1.62 bits per heavy atom. The third-order valence-corrected chi connectivity index (χ3v) is 8.73. The van der Waals surface area contributed by atoms with Crippen LogP contribution in [-0.2, 0) is 4.74 Å². The molecule has 0 heterocycles. The Morgan fingerprint density at radius 2 is 1.08 bits per heavy atom. The van der Waals surface area contributed by atoms with Gasteiger partial charge in [-0.25, -0.2) is 14.0 Å². The molecule has 0 saturated carbocycles. The van der Waals surface area contributed by atoms with Gasteiger partial charge in [0.05, 0.1) is 17.7 Å². The van der Waals surface area contributed by atoms with Crippen LogP contribution in [0.4, 0.5) is 4.39 Å². The minimum Gasteiger partial charge on any atom is -0.494 e. The summed E-state index contributed by atoms with van der Waals surface area (Å²) in [6, 6.07) is 18.7. The fourth-order valence-corrected chi connectivity index (χ4v) is 5.71. The predicted octanol–water partition coefficient (Wildman–Crippen LogP) is 12.3. The zero-order chi connectivity index (χ0) is 34.4. The quantitative estimate of drug-likeness (QED) is 0.0543. The number of rotatable bonds is 24. The molecule has 0 aliphatic rings. The molecule has 262 valence electrons. The van der Waals surface area contributed by atoms with E-state index in [-0.39, 0.29) is 17.4 Å². The first-order chi connectivity index (χ1) is 23.4. The third-order valence-electron chi connectivity index (χ3n) is 8.73. The van der Waals surface area contributed by atoms with Crippen molar-refractivity contribution in [1.82, 2.24) is 0 Å². The highest BCUT2D eigenvalue weighted by Crippen LogP contribution is 2.25. The predicted molar refractivity (Wildman–Crippen MR) is 193 cm³/mol. The van der Waals surface area contributed by atoms with Gasteiger partial charge in [0, 0.05) is 0 Å². The molecule has 0 saturated heterocycles. The van der Waals surface area contributed by atoms with Crippen molar-refractivity contribution in [1.29, 1.82) is 0 Å². The van der Waals surface area contributed by atoms with Gasteiger partial charge in [0.1, 0.15) is 11.9 Å². The normalized spacial score (nSPS) is 11.1. The van der Waals surface area contributed by atoms with E-state index in [4.69, 9.17) is 14.2 Å². The van der Waals surface area contributed by atoms with Gasteiger partial charge in [-0.3, -0.25) is 0 Å². The van der Waals surface area contributed by atoms with E-state index >= 15 is 0 Å². The molecule has 0 fully saturated rings. The highest BCUT2D eigenvalue weighted by atomic mass is 19.1. The van der Waals surface area contributed by atoms with Gasteiger partial charge in [0.15, 0.2) is 11.6 Å². The zero-order valence-corrected chi connectivity index (χ0v) is 29.6. The fraction of sp³-hybridized carbons (Fsp3) is 0.524. The molecular formula is C42H57FO5. The van der Waals surface area contributed by atoms with Crippen molar-refractivity contribution >= 4 is 11.9 Å². The molecule has 0 aromatic heterocycles. The first-order valence-electron chi connectivity index (χ1n) is 18.5. The number of hydrogen-bond acceptors (Lipinski definition) is 5. The molecule has 0 radical (unpaired) electrons. The lowest BCUT2D eigenvalue weighted by Gasteiger charge is -2.17. The lowest BCUT2D eigenvalue weighted by atomic mass is 10.0. The smallest absolute Gasteiger partial charge is 0.343 e. The molecule has 3 aromatic carbocycles. The van der Waals surface area contributed by atoms with Crippen LogP contribution in [0, 0.1) is 5.82 Å². The van der Waals surface area contributed by atoms with Crippen LogP contribution < -0.4 is 9.47 Å². The summed E-state index contributed by atoms with van der Waals surface area (Å²) >= 11 is 0. The first-order valence-corrected chi connectivity index (χ1v) is 18.5. The number of benzene rings is 3. The van der Waals surface area contributed by atoms with Gasteiger partial charge in [-0.15, -0.1) is 0 Å². The van der Waals surface area contributed by atoms with Crippen LogP contribution in [-0.4, -0.2) is 24.6 Å². The maximum atomic E-state index is 14.9. The van der Waals surface area contributed by atoms with Gasteiger partial charge in [-0.05, 0) is 72.9 Å².